The lowest BCUT2D eigenvalue weighted by molar-refractivity contribution is 0.102. The fraction of sp³-hybridized carbons (Fsp3) is 0.200. The zero-order chi connectivity index (χ0) is 14.4. The molecule has 0 spiro atoms. The normalized spacial score (nSPS) is 10.1. The van der Waals surface area contributed by atoms with Crippen LogP contribution in [-0.4, -0.2) is 17.4 Å². The van der Waals surface area contributed by atoms with Crippen LogP contribution in [0.3, 0.4) is 0 Å². The van der Waals surface area contributed by atoms with Crippen LogP contribution in [0.2, 0.25) is 5.02 Å². The fourth-order valence-corrected chi connectivity index (χ4v) is 1.76. The molecule has 2 aromatic rings. The summed E-state index contributed by atoms with van der Waals surface area (Å²) in [4.78, 5) is 16.1. The lowest BCUT2D eigenvalue weighted by atomic mass is 10.3. The van der Waals surface area contributed by atoms with Crippen molar-refractivity contribution in [3.05, 3.63) is 53.3 Å². The fourth-order valence-electron chi connectivity index (χ4n) is 1.63. The number of carbonyl (C=O) groups is 1. The molecule has 1 amide bonds. The molecule has 1 aromatic carbocycles. The second-order valence-electron chi connectivity index (χ2n) is 4.32. The molecule has 2 N–H and O–H groups in total. The largest absolute Gasteiger partial charge is 0.384 e. The summed E-state index contributed by atoms with van der Waals surface area (Å²) in [7, 11) is 0. The molecule has 1 aromatic heterocycles. The van der Waals surface area contributed by atoms with Crippen LogP contribution in [0.5, 0.6) is 0 Å². The molecule has 20 heavy (non-hydrogen) atoms. The highest BCUT2D eigenvalue weighted by molar-refractivity contribution is 6.30. The molecular weight excluding hydrogens is 274 g/mol. The number of anilines is 2. The number of rotatable bonds is 5. The van der Waals surface area contributed by atoms with Crippen molar-refractivity contribution in [2.24, 2.45) is 0 Å². The Labute approximate surface area is 123 Å². The van der Waals surface area contributed by atoms with Crippen molar-refractivity contribution in [3.63, 3.8) is 0 Å². The maximum Gasteiger partial charge on any atom is 0.274 e. The molecule has 0 aliphatic carbocycles. The van der Waals surface area contributed by atoms with Gasteiger partial charge in [-0.1, -0.05) is 18.5 Å². The standard InChI is InChI=1S/C15H16ClN3O/c1-2-9-17-13-7-8-14(18-10-13)15(20)19-12-5-3-11(16)4-6-12/h3-8,10,17H,2,9H2,1H3,(H,19,20). The van der Waals surface area contributed by atoms with Crippen LogP contribution in [0.15, 0.2) is 42.6 Å². The Morgan fingerprint density at radius 1 is 1.15 bits per heavy atom. The van der Waals surface area contributed by atoms with Crippen molar-refractivity contribution in [2.75, 3.05) is 17.2 Å². The van der Waals surface area contributed by atoms with E-state index in [1.165, 1.54) is 0 Å². The first kappa shape index (κ1) is 14.3. The summed E-state index contributed by atoms with van der Waals surface area (Å²) in [6, 6.07) is 10.5. The Balaban J connectivity index is 2.00. The predicted molar refractivity (Wildman–Crippen MR) is 82.4 cm³/mol. The molecule has 104 valence electrons. The minimum absolute atomic E-state index is 0.241. The maximum absolute atomic E-state index is 12.0. The van der Waals surface area contributed by atoms with E-state index in [1.807, 2.05) is 6.07 Å². The van der Waals surface area contributed by atoms with Crippen molar-refractivity contribution in [3.8, 4) is 0 Å². The number of halogens is 1. The van der Waals surface area contributed by atoms with Gasteiger partial charge in [-0.3, -0.25) is 4.79 Å². The van der Waals surface area contributed by atoms with Crippen LogP contribution in [-0.2, 0) is 0 Å². The zero-order valence-electron chi connectivity index (χ0n) is 11.2. The van der Waals surface area contributed by atoms with Crippen LogP contribution < -0.4 is 10.6 Å². The molecule has 0 saturated carbocycles. The molecule has 0 aliphatic heterocycles. The summed E-state index contributed by atoms with van der Waals surface area (Å²) in [5, 5.41) is 6.61. The van der Waals surface area contributed by atoms with Gasteiger partial charge < -0.3 is 10.6 Å². The number of benzene rings is 1. The second kappa shape index (κ2) is 6.91. The van der Waals surface area contributed by atoms with E-state index in [1.54, 1.807) is 36.5 Å². The van der Waals surface area contributed by atoms with Gasteiger partial charge in [0.2, 0.25) is 0 Å². The van der Waals surface area contributed by atoms with Gasteiger partial charge in [0, 0.05) is 17.3 Å². The highest BCUT2D eigenvalue weighted by Gasteiger charge is 2.07. The third-order valence-corrected chi connectivity index (χ3v) is 2.93. The summed E-state index contributed by atoms with van der Waals surface area (Å²) in [6.07, 6.45) is 2.70. The van der Waals surface area contributed by atoms with Crippen LogP contribution in [0.4, 0.5) is 11.4 Å². The Morgan fingerprint density at radius 2 is 1.85 bits per heavy atom. The summed E-state index contributed by atoms with van der Waals surface area (Å²) >= 11 is 5.79. The van der Waals surface area contributed by atoms with E-state index in [9.17, 15) is 4.79 Å². The number of nitrogens with zero attached hydrogens (tertiary/aromatic N) is 1. The van der Waals surface area contributed by atoms with Gasteiger partial charge in [0.25, 0.3) is 5.91 Å². The van der Waals surface area contributed by atoms with E-state index in [0.717, 1.165) is 18.7 Å². The Hall–Kier alpha value is -2.07. The van der Waals surface area contributed by atoms with Crippen molar-refractivity contribution < 1.29 is 4.79 Å². The lowest BCUT2D eigenvalue weighted by Gasteiger charge is -2.07. The number of carbonyl (C=O) groups excluding carboxylic acids is 1. The summed E-state index contributed by atoms with van der Waals surface area (Å²) in [5.41, 5.74) is 1.98. The molecule has 2 rings (SSSR count). The van der Waals surface area contributed by atoms with Crippen molar-refractivity contribution in [1.29, 1.82) is 0 Å². The Kier molecular flexibility index (Phi) is 4.96. The van der Waals surface area contributed by atoms with E-state index in [4.69, 9.17) is 11.6 Å². The first-order valence-electron chi connectivity index (χ1n) is 6.46. The highest BCUT2D eigenvalue weighted by Crippen LogP contribution is 2.14. The van der Waals surface area contributed by atoms with Crippen molar-refractivity contribution in [1.82, 2.24) is 4.98 Å². The molecule has 1 heterocycles. The number of hydrogen-bond acceptors (Lipinski definition) is 3. The SMILES string of the molecule is CCCNc1ccc(C(=O)Nc2ccc(Cl)cc2)nc1. The van der Waals surface area contributed by atoms with Gasteiger partial charge in [0.1, 0.15) is 5.69 Å². The number of hydrogen-bond donors (Lipinski definition) is 2. The lowest BCUT2D eigenvalue weighted by Crippen LogP contribution is -2.13. The highest BCUT2D eigenvalue weighted by atomic mass is 35.5. The third-order valence-electron chi connectivity index (χ3n) is 2.68. The first-order valence-corrected chi connectivity index (χ1v) is 6.83. The summed E-state index contributed by atoms with van der Waals surface area (Å²) < 4.78 is 0. The average molecular weight is 290 g/mol. The molecule has 0 unspecified atom stereocenters. The predicted octanol–water partition coefficient (Wildman–Crippen LogP) is 3.81. The number of aromatic nitrogens is 1. The maximum atomic E-state index is 12.0. The summed E-state index contributed by atoms with van der Waals surface area (Å²) in [5.74, 6) is -0.241. The number of pyridine rings is 1. The van der Waals surface area contributed by atoms with Gasteiger partial charge in [-0.05, 0) is 42.8 Å². The van der Waals surface area contributed by atoms with Crippen LogP contribution in [0.1, 0.15) is 23.8 Å². The van der Waals surface area contributed by atoms with Gasteiger partial charge in [0.05, 0.1) is 11.9 Å². The Bertz CT molecular complexity index is 567. The number of amides is 1. The molecular formula is C15H16ClN3O. The molecule has 0 radical (unpaired) electrons. The van der Waals surface area contributed by atoms with Gasteiger partial charge in [0.15, 0.2) is 0 Å². The Morgan fingerprint density at radius 3 is 2.45 bits per heavy atom. The van der Waals surface area contributed by atoms with Crippen molar-refractivity contribution in [2.45, 2.75) is 13.3 Å². The van der Waals surface area contributed by atoms with Gasteiger partial charge in [-0.25, -0.2) is 4.98 Å². The van der Waals surface area contributed by atoms with Gasteiger partial charge in [-0.2, -0.15) is 0 Å². The minimum Gasteiger partial charge on any atom is -0.384 e. The van der Waals surface area contributed by atoms with Crippen LogP contribution >= 0.6 is 11.6 Å². The van der Waals surface area contributed by atoms with Gasteiger partial charge >= 0.3 is 0 Å². The van der Waals surface area contributed by atoms with Gasteiger partial charge in [-0.15, -0.1) is 0 Å². The van der Waals surface area contributed by atoms with E-state index in [0.29, 0.717) is 16.4 Å². The molecule has 4 nitrogen and oxygen atoms in total. The van der Waals surface area contributed by atoms with E-state index < -0.39 is 0 Å². The summed E-state index contributed by atoms with van der Waals surface area (Å²) in [6.45, 7) is 2.98. The van der Waals surface area contributed by atoms with Crippen molar-refractivity contribution >= 4 is 28.9 Å². The quantitative estimate of drug-likeness (QED) is 0.880. The zero-order valence-corrected chi connectivity index (χ0v) is 11.9. The molecule has 0 saturated heterocycles. The van der Waals surface area contributed by atoms with Crippen LogP contribution in [0, 0.1) is 0 Å². The molecule has 0 atom stereocenters. The molecule has 5 heteroatoms. The molecule has 0 fully saturated rings. The van der Waals surface area contributed by atoms with Crippen LogP contribution in [0.25, 0.3) is 0 Å². The number of nitrogens with one attached hydrogen (secondary N) is 2. The van der Waals surface area contributed by atoms with E-state index >= 15 is 0 Å². The third kappa shape index (κ3) is 3.96. The van der Waals surface area contributed by atoms with E-state index in [2.05, 4.69) is 22.5 Å². The average Bonchev–Trinajstić information content (AvgIpc) is 2.48. The minimum atomic E-state index is -0.241. The molecule has 0 aliphatic rings. The monoisotopic (exact) mass is 289 g/mol. The topological polar surface area (TPSA) is 54.0 Å². The first-order chi connectivity index (χ1) is 9.69. The van der Waals surface area contributed by atoms with E-state index in [-0.39, 0.29) is 5.91 Å². The second-order valence-corrected chi connectivity index (χ2v) is 4.76. The molecule has 0 bridgehead atoms. The smallest absolute Gasteiger partial charge is 0.274 e.